The highest BCUT2D eigenvalue weighted by Gasteiger charge is 2.27. The van der Waals surface area contributed by atoms with Crippen LogP contribution in [0.4, 0.5) is 4.79 Å². The Labute approximate surface area is 151 Å². The summed E-state index contributed by atoms with van der Waals surface area (Å²) in [5.74, 6) is 1.12. The number of alkyl halides is 1. The molecular formula is C17H23BrClNO3. The van der Waals surface area contributed by atoms with Crippen LogP contribution >= 0.6 is 27.5 Å². The first kappa shape index (κ1) is 18.6. The predicted molar refractivity (Wildman–Crippen MR) is 95.6 cm³/mol. The molecule has 1 amide bonds. The van der Waals surface area contributed by atoms with Gasteiger partial charge in [-0.1, -0.05) is 27.5 Å². The summed E-state index contributed by atoms with van der Waals surface area (Å²) in [5, 5.41) is 1.50. The van der Waals surface area contributed by atoms with Gasteiger partial charge in [-0.3, -0.25) is 0 Å². The van der Waals surface area contributed by atoms with E-state index in [1.165, 1.54) is 0 Å². The third-order valence-electron chi connectivity index (χ3n) is 4.25. The van der Waals surface area contributed by atoms with Crippen molar-refractivity contribution in [2.75, 3.05) is 25.6 Å². The highest BCUT2D eigenvalue weighted by atomic mass is 79.9. The Morgan fingerprint density at radius 2 is 1.91 bits per heavy atom. The van der Waals surface area contributed by atoms with Crippen molar-refractivity contribution in [1.29, 1.82) is 0 Å². The molecule has 0 N–H and O–H groups in total. The highest BCUT2D eigenvalue weighted by Crippen LogP contribution is 2.28. The number of halogens is 2. The van der Waals surface area contributed by atoms with Crippen molar-refractivity contribution < 1.29 is 14.3 Å². The number of ether oxygens (including phenoxy) is 2. The van der Waals surface area contributed by atoms with Crippen LogP contribution in [-0.2, 0) is 4.74 Å². The lowest BCUT2D eigenvalue weighted by Crippen LogP contribution is -2.41. The third-order valence-corrected chi connectivity index (χ3v) is 4.82. The van der Waals surface area contributed by atoms with E-state index in [4.69, 9.17) is 21.1 Å². The van der Waals surface area contributed by atoms with Gasteiger partial charge in [-0.15, -0.1) is 0 Å². The molecule has 2 rings (SSSR count). The molecule has 1 aromatic carbocycles. The fourth-order valence-electron chi connectivity index (χ4n) is 2.83. The molecule has 0 atom stereocenters. The molecular weight excluding hydrogens is 382 g/mol. The zero-order valence-corrected chi connectivity index (χ0v) is 15.7. The number of nitrogens with zero attached hydrogens (tertiary/aromatic N) is 1. The van der Waals surface area contributed by atoms with Crippen LogP contribution < -0.4 is 4.74 Å². The molecule has 1 aliphatic carbocycles. The zero-order valence-electron chi connectivity index (χ0n) is 13.3. The molecule has 0 heterocycles. The molecule has 0 aromatic heterocycles. The van der Waals surface area contributed by atoms with Crippen molar-refractivity contribution in [1.82, 2.24) is 4.90 Å². The summed E-state index contributed by atoms with van der Waals surface area (Å²) in [6.45, 7) is 1.57. The Morgan fingerprint density at radius 1 is 1.26 bits per heavy atom. The topological polar surface area (TPSA) is 38.8 Å². The third kappa shape index (κ3) is 5.98. The van der Waals surface area contributed by atoms with Crippen LogP contribution in [0.1, 0.15) is 25.7 Å². The van der Waals surface area contributed by atoms with Gasteiger partial charge in [-0.25, -0.2) is 4.79 Å². The molecule has 1 aromatic rings. The van der Waals surface area contributed by atoms with E-state index in [0.717, 1.165) is 44.2 Å². The molecule has 4 nitrogen and oxygen atoms in total. The minimum absolute atomic E-state index is 0.238. The number of amides is 1. The van der Waals surface area contributed by atoms with Crippen molar-refractivity contribution in [3.05, 3.63) is 29.3 Å². The van der Waals surface area contributed by atoms with Gasteiger partial charge in [0.15, 0.2) is 0 Å². The molecule has 0 radical (unpaired) electrons. The van der Waals surface area contributed by atoms with Crippen LogP contribution in [0, 0.1) is 5.92 Å². The fraction of sp³-hybridized carbons (Fsp3) is 0.588. The Bertz CT molecular complexity index is 489. The second-order valence-corrected chi connectivity index (χ2v) is 7.10. The van der Waals surface area contributed by atoms with Crippen LogP contribution in [0.2, 0.25) is 5.02 Å². The average molecular weight is 405 g/mol. The van der Waals surface area contributed by atoms with Gasteiger partial charge in [-0.05, 0) is 55.9 Å². The zero-order chi connectivity index (χ0) is 16.7. The van der Waals surface area contributed by atoms with Crippen molar-refractivity contribution in [2.45, 2.75) is 31.7 Å². The van der Waals surface area contributed by atoms with Gasteiger partial charge in [-0.2, -0.15) is 0 Å². The summed E-state index contributed by atoms with van der Waals surface area (Å²) in [6, 6.07) is 7.06. The maximum atomic E-state index is 12.2. The van der Waals surface area contributed by atoms with E-state index in [0.29, 0.717) is 16.7 Å². The second-order valence-electron chi connectivity index (χ2n) is 5.87. The van der Waals surface area contributed by atoms with Gasteiger partial charge < -0.3 is 14.4 Å². The lowest BCUT2D eigenvalue weighted by Gasteiger charge is -2.33. The van der Waals surface area contributed by atoms with Gasteiger partial charge in [0.2, 0.25) is 0 Å². The minimum atomic E-state index is -0.314. The maximum Gasteiger partial charge on any atom is 0.415 e. The molecule has 1 fully saturated rings. The summed E-state index contributed by atoms with van der Waals surface area (Å²) in [4.78, 5) is 13.9. The molecule has 128 valence electrons. The number of carbonyl (C=O) groups is 1. The summed E-state index contributed by atoms with van der Waals surface area (Å²) in [7, 11) is 1.81. The van der Waals surface area contributed by atoms with Crippen LogP contribution in [0.3, 0.4) is 0 Å². The maximum absolute atomic E-state index is 12.2. The van der Waals surface area contributed by atoms with E-state index in [-0.39, 0.29) is 12.1 Å². The Morgan fingerprint density at radius 3 is 2.52 bits per heavy atom. The van der Waals surface area contributed by atoms with Crippen LogP contribution in [0.15, 0.2) is 24.3 Å². The van der Waals surface area contributed by atoms with Crippen molar-refractivity contribution in [2.24, 2.45) is 5.92 Å². The summed E-state index contributed by atoms with van der Waals surface area (Å²) in [5.41, 5.74) is 0. The number of benzene rings is 1. The van der Waals surface area contributed by atoms with Gasteiger partial charge in [0, 0.05) is 30.0 Å². The first-order valence-corrected chi connectivity index (χ1v) is 9.44. The average Bonchev–Trinajstić information content (AvgIpc) is 2.57. The summed E-state index contributed by atoms with van der Waals surface area (Å²) in [6.07, 6.45) is 3.85. The summed E-state index contributed by atoms with van der Waals surface area (Å²) < 4.78 is 11.0. The molecule has 1 aliphatic rings. The molecule has 0 saturated heterocycles. The molecule has 0 aliphatic heterocycles. The van der Waals surface area contributed by atoms with Gasteiger partial charge in [0.05, 0.1) is 6.61 Å². The fourth-order valence-corrected chi connectivity index (χ4v) is 3.18. The summed E-state index contributed by atoms with van der Waals surface area (Å²) >= 11 is 9.19. The van der Waals surface area contributed by atoms with Crippen molar-refractivity contribution >= 4 is 33.6 Å². The van der Waals surface area contributed by atoms with E-state index in [1.54, 1.807) is 29.2 Å². The first-order valence-electron chi connectivity index (χ1n) is 7.94. The van der Waals surface area contributed by atoms with Gasteiger partial charge in [0.1, 0.15) is 5.75 Å². The van der Waals surface area contributed by atoms with E-state index >= 15 is 0 Å². The van der Waals surface area contributed by atoms with Gasteiger partial charge >= 0.3 is 6.09 Å². The molecule has 1 saturated carbocycles. The van der Waals surface area contributed by atoms with E-state index in [1.807, 2.05) is 7.05 Å². The Hall–Kier alpha value is -0.780. The minimum Gasteiger partial charge on any atom is -0.410 e. The van der Waals surface area contributed by atoms with E-state index in [2.05, 4.69) is 15.9 Å². The molecule has 0 unspecified atom stereocenters. The monoisotopic (exact) mass is 403 g/mol. The SMILES string of the molecule is CN(C(=O)Oc1ccc(Cl)cc1)[C@H]1CC[C@H](COCCBr)CC1. The smallest absolute Gasteiger partial charge is 0.410 e. The van der Waals surface area contributed by atoms with Crippen LogP contribution in [-0.4, -0.2) is 42.6 Å². The molecule has 23 heavy (non-hydrogen) atoms. The molecule has 6 heteroatoms. The lowest BCUT2D eigenvalue weighted by molar-refractivity contribution is 0.0763. The Kier molecular flexibility index (Phi) is 7.66. The van der Waals surface area contributed by atoms with Crippen LogP contribution in [0.5, 0.6) is 5.75 Å². The Balaban J connectivity index is 1.76. The first-order chi connectivity index (χ1) is 11.1. The molecule has 0 bridgehead atoms. The van der Waals surface area contributed by atoms with Crippen molar-refractivity contribution in [3.8, 4) is 5.75 Å². The number of hydrogen-bond acceptors (Lipinski definition) is 3. The lowest BCUT2D eigenvalue weighted by atomic mass is 9.86. The number of hydrogen-bond donors (Lipinski definition) is 0. The highest BCUT2D eigenvalue weighted by molar-refractivity contribution is 9.09. The standard InChI is InChI=1S/C17H23BrClNO3/c1-20(17(21)23-16-8-4-14(19)5-9-16)15-6-2-13(3-7-15)12-22-11-10-18/h4-5,8-9,13,15H,2-3,6-7,10-12H2,1H3/t13-,15-. The van der Waals surface area contributed by atoms with E-state index < -0.39 is 0 Å². The van der Waals surface area contributed by atoms with Crippen LogP contribution in [0.25, 0.3) is 0 Å². The molecule has 0 spiro atoms. The second kappa shape index (κ2) is 9.50. The largest absolute Gasteiger partial charge is 0.415 e. The van der Waals surface area contributed by atoms with Crippen molar-refractivity contribution in [3.63, 3.8) is 0 Å². The number of rotatable bonds is 6. The predicted octanol–water partition coefficient (Wildman–Crippen LogP) is 4.74. The normalized spacial score (nSPS) is 21.0. The van der Waals surface area contributed by atoms with Gasteiger partial charge in [0.25, 0.3) is 0 Å². The van der Waals surface area contributed by atoms with E-state index in [9.17, 15) is 4.79 Å². The quantitative estimate of drug-likeness (QED) is 0.508. The number of carbonyl (C=O) groups excluding carboxylic acids is 1.